The molecule has 0 saturated heterocycles. The molecule has 0 spiro atoms. The van der Waals surface area contributed by atoms with Gasteiger partial charge in [0.15, 0.2) is 0 Å². The molecule has 0 aromatic rings. The molecule has 0 aliphatic carbocycles. The molecular weight excluding hydrogens is 100 g/mol. The van der Waals surface area contributed by atoms with Crippen LogP contribution in [-0.2, 0) is 0 Å². The van der Waals surface area contributed by atoms with Crippen LogP contribution in [0.1, 0.15) is 0 Å². The summed E-state index contributed by atoms with van der Waals surface area (Å²) in [5.74, 6) is 0. The molecule has 0 aromatic heterocycles. The van der Waals surface area contributed by atoms with E-state index in [9.17, 15) is 0 Å². The molecule has 8 heavy (non-hydrogen) atoms. The molecule has 38 valence electrons. The first-order valence-electron chi connectivity index (χ1n) is 2.24. The minimum Gasteiger partial charge on any atom is -0.253 e. The van der Waals surface area contributed by atoms with E-state index >= 15 is 0 Å². The Labute approximate surface area is 47.5 Å². The Bertz CT molecular complexity index is 195. The zero-order valence-corrected chi connectivity index (χ0v) is 4.20. The van der Waals surface area contributed by atoms with Gasteiger partial charge in [0.2, 0.25) is 0 Å². The van der Waals surface area contributed by atoms with E-state index < -0.39 is 0 Å². The molecule has 2 heteroatoms. The number of nitrogens with zero attached hydrogens (tertiary/aromatic N) is 2. The van der Waals surface area contributed by atoms with Gasteiger partial charge in [-0.15, -0.1) is 0 Å². The molecule has 0 N–H and O–H groups in total. The van der Waals surface area contributed by atoms with Crippen molar-refractivity contribution in [3.8, 4) is 6.07 Å². The molecule has 0 fully saturated rings. The van der Waals surface area contributed by atoms with Crippen molar-refractivity contribution in [3.63, 3.8) is 0 Å². The van der Waals surface area contributed by atoms with Crippen molar-refractivity contribution in [3.05, 3.63) is 23.9 Å². The van der Waals surface area contributed by atoms with Crippen LogP contribution in [0.4, 0.5) is 0 Å². The minimum atomic E-state index is 0.955. The Balaban J connectivity index is 2.34. The van der Waals surface area contributed by atoms with E-state index in [-0.39, 0.29) is 0 Å². The van der Waals surface area contributed by atoms with Crippen LogP contribution < -0.4 is 0 Å². The Hall–Kier alpha value is -1.36. The number of aliphatic imine (C=N–C) groups is 1. The second kappa shape index (κ2) is 2.08. The highest BCUT2D eigenvalue weighted by atomic mass is 14.9. The molecule has 0 bridgehead atoms. The largest absolute Gasteiger partial charge is 0.253 e. The van der Waals surface area contributed by atoms with Crippen molar-refractivity contribution < 1.29 is 0 Å². The van der Waals surface area contributed by atoms with E-state index in [1.54, 1.807) is 18.4 Å². The molecular formula is C6H4N2. The van der Waals surface area contributed by atoms with Gasteiger partial charge < -0.3 is 0 Å². The van der Waals surface area contributed by atoms with Crippen LogP contribution in [0.2, 0.25) is 0 Å². The van der Waals surface area contributed by atoms with Gasteiger partial charge in [0.05, 0.1) is 18.0 Å². The summed E-state index contributed by atoms with van der Waals surface area (Å²) in [6.07, 6.45) is 6.60. The molecule has 1 heterocycles. The van der Waals surface area contributed by atoms with Crippen LogP contribution in [0.3, 0.4) is 0 Å². The van der Waals surface area contributed by atoms with E-state index in [2.05, 4.69) is 4.99 Å². The smallest absolute Gasteiger partial charge is 0.0912 e. The van der Waals surface area contributed by atoms with Crippen molar-refractivity contribution >= 4 is 6.21 Å². The number of hydrogen-bond donors (Lipinski definition) is 0. The van der Waals surface area contributed by atoms with Crippen LogP contribution in [0.5, 0.6) is 0 Å². The average molecular weight is 104 g/mol. The Kier molecular flexibility index (Phi) is 1.25. The molecule has 0 aromatic carbocycles. The van der Waals surface area contributed by atoms with Crippen molar-refractivity contribution in [2.75, 3.05) is 0 Å². The van der Waals surface area contributed by atoms with E-state index in [4.69, 9.17) is 5.26 Å². The highest BCUT2D eigenvalue weighted by molar-refractivity contribution is 5.92. The van der Waals surface area contributed by atoms with Gasteiger partial charge in [-0.05, 0) is 12.2 Å². The van der Waals surface area contributed by atoms with Crippen LogP contribution >= 0.6 is 0 Å². The predicted molar refractivity (Wildman–Crippen MR) is 31.3 cm³/mol. The summed E-state index contributed by atoms with van der Waals surface area (Å²) < 4.78 is 0. The average Bonchev–Trinajstić information content (AvgIpc) is 2.51. The zero-order valence-electron chi connectivity index (χ0n) is 4.20. The standard InChI is InChI=1S/C6H4N2/c7-4-2-1-3-6-5-8-6/h1-3,5H/b2-1-,6-3+. The van der Waals surface area contributed by atoms with Gasteiger partial charge >= 0.3 is 0 Å². The molecule has 0 amide bonds. The highest BCUT2D eigenvalue weighted by Crippen LogP contribution is 2.04. The molecule has 1 rings (SSSR count). The first-order valence-corrected chi connectivity index (χ1v) is 2.24. The molecule has 0 saturated carbocycles. The quantitative estimate of drug-likeness (QED) is 0.458. The van der Waals surface area contributed by atoms with Gasteiger partial charge in [-0.25, -0.2) is 0 Å². The van der Waals surface area contributed by atoms with Gasteiger partial charge in [-0.2, -0.15) is 5.26 Å². The van der Waals surface area contributed by atoms with Crippen molar-refractivity contribution in [2.24, 2.45) is 4.99 Å². The second-order valence-electron chi connectivity index (χ2n) is 1.34. The summed E-state index contributed by atoms with van der Waals surface area (Å²) in [6, 6.07) is 1.87. The third kappa shape index (κ3) is 1.39. The maximum atomic E-state index is 7.99. The molecule has 1 aliphatic rings. The maximum absolute atomic E-state index is 7.99. The lowest BCUT2D eigenvalue weighted by Gasteiger charge is -1.62. The third-order valence-electron chi connectivity index (χ3n) is 0.716. The van der Waals surface area contributed by atoms with Gasteiger partial charge in [-0.1, -0.05) is 0 Å². The fourth-order valence-corrected chi connectivity index (χ4v) is 0.313. The molecule has 0 unspecified atom stereocenters. The molecule has 0 radical (unpaired) electrons. The van der Waals surface area contributed by atoms with Crippen LogP contribution in [-0.4, -0.2) is 6.21 Å². The summed E-state index contributed by atoms with van der Waals surface area (Å²) in [5, 5.41) is 7.99. The summed E-state index contributed by atoms with van der Waals surface area (Å²) in [4.78, 5) is 3.75. The van der Waals surface area contributed by atoms with Gasteiger partial charge in [-0.3, -0.25) is 4.99 Å². The van der Waals surface area contributed by atoms with E-state index in [0.717, 1.165) is 5.70 Å². The number of rotatable bonds is 1. The van der Waals surface area contributed by atoms with Crippen LogP contribution in [0.25, 0.3) is 0 Å². The lowest BCUT2D eigenvalue weighted by Crippen LogP contribution is -1.50. The summed E-state index contributed by atoms with van der Waals surface area (Å²) >= 11 is 0. The van der Waals surface area contributed by atoms with Crippen molar-refractivity contribution in [1.82, 2.24) is 0 Å². The van der Waals surface area contributed by atoms with Crippen LogP contribution in [0.15, 0.2) is 28.9 Å². The minimum absolute atomic E-state index is 0.955. The Morgan fingerprint density at radius 3 is 3.00 bits per heavy atom. The van der Waals surface area contributed by atoms with Crippen molar-refractivity contribution in [1.29, 1.82) is 5.26 Å². The van der Waals surface area contributed by atoms with E-state index in [0.29, 0.717) is 0 Å². The lowest BCUT2D eigenvalue weighted by atomic mass is 10.4. The highest BCUT2D eigenvalue weighted by Gasteiger charge is 1.95. The SMILES string of the molecule is N#C/C=C\C=C1C=N/1. The summed E-state index contributed by atoms with van der Waals surface area (Å²) in [6.45, 7) is 0. The monoisotopic (exact) mass is 104 g/mol. The first-order chi connectivity index (χ1) is 3.93. The van der Waals surface area contributed by atoms with E-state index in [1.807, 2.05) is 6.07 Å². The van der Waals surface area contributed by atoms with E-state index in [1.165, 1.54) is 6.08 Å². The zero-order chi connectivity index (χ0) is 5.82. The van der Waals surface area contributed by atoms with Gasteiger partial charge in [0.25, 0.3) is 0 Å². The Morgan fingerprint density at radius 2 is 2.50 bits per heavy atom. The van der Waals surface area contributed by atoms with Gasteiger partial charge in [0, 0.05) is 6.08 Å². The number of allylic oxidation sites excluding steroid dienone is 4. The lowest BCUT2D eigenvalue weighted by molar-refractivity contribution is 1.53. The second-order valence-corrected chi connectivity index (χ2v) is 1.34. The number of hydrogen-bond acceptors (Lipinski definition) is 2. The van der Waals surface area contributed by atoms with Crippen LogP contribution in [0, 0.1) is 11.3 Å². The van der Waals surface area contributed by atoms with Crippen molar-refractivity contribution in [2.45, 2.75) is 0 Å². The first kappa shape index (κ1) is 4.79. The molecule has 2 nitrogen and oxygen atoms in total. The fourth-order valence-electron chi connectivity index (χ4n) is 0.313. The summed E-state index contributed by atoms with van der Waals surface area (Å²) in [5.41, 5.74) is 0.955. The maximum Gasteiger partial charge on any atom is 0.0912 e. The number of nitriles is 1. The predicted octanol–water partition coefficient (Wildman–Crippen LogP) is 1.03. The Morgan fingerprint density at radius 1 is 1.75 bits per heavy atom. The third-order valence-corrected chi connectivity index (χ3v) is 0.716. The molecule has 1 aliphatic heterocycles. The topological polar surface area (TPSA) is 36.1 Å². The normalized spacial score (nSPS) is 19.6. The summed E-state index contributed by atoms with van der Waals surface area (Å²) in [7, 11) is 0. The molecule has 0 atom stereocenters. The van der Waals surface area contributed by atoms with Gasteiger partial charge in [0.1, 0.15) is 0 Å². The fraction of sp³-hybridized carbons (Fsp3) is 0.